The fourth-order valence-electron chi connectivity index (χ4n) is 3.16. The molecule has 1 heteroatoms. The van der Waals surface area contributed by atoms with Crippen LogP contribution in [0.3, 0.4) is 0 Å². The summed E-state index contributed by atoms with van der Waals surface area (Å²) < 4.78 is 0. The fourth-order valence-corrected chi connectivity index (χ4v) is 3.73. The standard InChI is InChI=1S/C16H21Cl/c1-16(2)10-14(16)15(17)13-8-7-11-5-3-4-6-12(11)9-13/h7-9,14-15H,3-6,10H2,1-2H3. The van der Waals surface area contributed by atoms with Crippen molar-refractivity contribution in [2.75, 3.05) is 0 Å². The van der Waals surface area contributed by atoms with Crippen LogP contribution >= 0.6 is 11.6 Å². The highest BCUT2D eigenvalue weighted by Crippen LogP contribution is 2.59. The van der Waals surface area contributed by atoms with Gasteiger partial charge in [-0.1, -0.05) is 32.0 Å². The molecule has 0 spiro atoms. The second-order valence-corrected chi connectivity index (χ2v) is 6.91. The first-order valence-electron chi connectivity index (χ1n) is 6.84. The highest BCUT2D eigenvalue weighted by Gasteiger charge is 2.49. The van der Waals surface area contributed by atoms with Crippen LogP contribution in [0, 0.1) is 11.3 Å². The summed E-state index contributed by atoms with van der Waals surface area (Å²) in [6.07, 6.45) is 6.49. The SMILES string of the molecule is CC1(C)CC1C(Cl)c1ccc2c(c1)CCCC2. The van der Waals surface area contributed by atoms with Crippen LogP contribution in [-0.2, 0) is 12.8 Å². The van der Waals surface area contributed by atoms with Crippen LogP contribution in [0.2, 0.25) is 0 Å². The molecule has 17 heavy (non-hydrogen) atoms. The highest BCUT2D eigenvalue weighted by atomic mass is 35.5. The molecular weight excluding hydrogens is 228 g/mol. The van der Waals surface area contributed by atoms with Gasteiger partial charge in [0.2, 0.25) is 0 Å². The van der Waals surface area contributed by atoms with Gasteiger partial charge < -0.3 is 0 Å². The van der Waals surface area contributed by atoms with Gasteiger partial charge in [0.15, 0.2) is 0 Å². The molecule has 2 atom stereocenters. The molecule has 1 fully saturated rings. The van der Waals surface area contributed by atoms with Gasteiger partial charge in [-0.05, 0) is 60.1 Å². The summed E-state index contributed by atoms with van der Waals surface area (Å²) in [5.74, 6) is 0.672. The number of aryl methyl sites for hydroxylation is 2. The molecule has 0 bridgehead atoms. The van der Waals surface area contributed by atoms with E-state index in [2.05, 4.69) is 32.0 Å². The first-order chi connectivity index (χ1) is 8.08. The number of hydrogen-bond donors (Lipinski definition) is 0. The minimum absolute atomic E-state index is 0.220. The summed E-state index contributed by atoms with van der Waals surface area (Å²) in [5, 5.41) is 0.220. The molecule has 0 nitrogen and oxygen atoms in total. The Labute approximate surface area is 109 Å². The van der Waals surface area contributed by atoms with Gasteiger partial charge in [0.25, 0.3) is 0 Å². The van der Waals surface area contributed by atoms with Crippen molar-refractivity contribution < 1.29 is 0 Å². The van der Waals surface area contributed by atoms with Crippen LogP contribution in [-0.4, -0.2) is 0 Å². The van der Waals surface area contributed by atoms with E-state index in [9.17, 15) is 0 Å². The van der Waals surface area contributed by atoms with Gasteiger partial charge in [0.05, 0.1) is 5.38 Å². The van der Waals surface area contributed by atoms with E-state index in [4.69, 9.17) is 11.6 Å². The molecule has 3 rings (SSSR count). The molecule has 2 aliphatic rings. The maximum absolute atomic E-state index is 6.63. The number of benzene rings is 1. The lowest BCUT2D eigenvalue weighted by atomic mass is 9.89. The molecule has 0 saturated heterocycles. The van der Waals surface area contributed by atoms with E-state index in [1.807, 2.05) is 0 Å². The van der Waals surface area contributed by atoms with Crippen LogP contribution < -0.4 is 0 Å². The Bertz CT molecular complexity index is 433. The predicted octanol–water partition coefficient (Wildman–Crippen LogP) is 4.89. The average molecular weight is 249 g/mol. The molecule has 0 radical (unpaired) electrons. The minimum atomic E-state index is 0.220. The van der Waals surface area contributed by atoms with Gasteiger partial charge in [0.1, 0.15) is 0 Å². The number of halogens is 1. The van der Waals surface area contributed by atoms with Crippen molar-refractivity contribution in [1.29, 1.82) is 0 Å². The van der Waals surface area contributed by atoms with E-state index in [0.29, 0.717) is 11.3 Å². The molecule has 0 aromatic heterocycles. The van der Waals surface area contributed by atoms with Crippen molar-refractivity contribution in [2.45, 2.75) is 51.3 Å². The number of alkyl halides is 1. The third kappa shape index (κ3) is 2.12. The van der Waals surface area contributed by atoms with Crippen molar-refractivity contribution in [3.63, 3.8) is 0 Å². The van der Waals surface area contributed by atoms with E-state index < -0.39 is 0 Å². The Kier molecular flexibility index (Phi) is 2.74. The van der Waals surface area contributed by atoms with E-state index in [1.54, 1.807) is 11.1 Å². The molecule has 2 unspecified atom stereocenters. The third-order valence-electron chi connectivity index (χ3n) is 4.63. The molecule has 92 valence electrons. The second kappa shape index (κ2) is 4.02. The number of rotatable bonds is 2. The van der Waals surface area contributed by atoms with Gasteiger partial charge in [-0.25, -0.2) is 0 Å². The summed E-state index contributed by atoms with van der Waals surface area (Å²) in [6, 6.07) is 6.95. The smallest absolute Gasteiger partial charge is 0.0618 e. The summed E-state index contributed by atoms with van der Waals surface area (Å²) in [4.78, 5) is 0. The Balaban J connectivity index is 1.84. The first-order valence-corrected chi connectivity index (χ1v) is 7.27. The second-order valence-electron chi connectivity index (χ2n) is 6.44. The van der Waals surface area contributed by atoms with E-state index in [-0.39, 0.29) is 5.38 Å². The lowest BCUT2D eigenvalue weighted by Gasteiger charge is -2.19. The van der Waals surface area contributed by atoms with E-state index in [1.165, 1.54) is 37.7 Å². The van der Waals surface area contributed by atoms with Crippen molar-refractivity contribution in [2.24, 2.45) is 11.3 Å². The Morgan fingerprint density at radius 3 is 2.47 bits per heavy atom. The molecule has 0 N–H and O–H groups in total. The molecule has 0 amide bonds. The van der Waals surface area contributed by atoms with E-state index >= 15 is 0 Å². The number of hydrogen-bond acceptors (Lipinski definition) is 0. The monoisotopic (exact) mass is 248 g/mol. The molecule has 0 heterocycles. The van der Waals surface area contributed by atoms with Gasteiger partial charge in [0, 0.05) is 0 Å². The van der Waals surface area contributed by atoms with Gasteiger partial charge >= 0.3 is 0 Å². The zero-order chi connectivity index (χ0) is 12.0. The van der Waals surface area contributed by atoms with Crippen LogP contribution in [0.1, 0.15) is 55.2 Å². The Hall–Kier alpha value is -0.490. The summed E-state index contributed by atoms with van der Waals surface area (Å²) in [7, 11) is 0. The molecule has 1 aromatic rings. The average Bonchev–Trinajstić information content (AvgIpc) is 2.97. The van der Waals surface area contributed by atoms with Gasteiger partial charge in [-0.15, -0.1) is 11.6 Å². The molecule has 0 aliphatic heterocycles. The minimum Gasteiger partial charge on any atom is -0.117 e. The topological polar surface area (TPSA) is 0 Å². The zero-order valence-electron chi connectivity index (χ0n) is 10.8. The summed E-state index contributed by atoms with van der Waals surface area (Å²) >= 11 is 6.63. The lowest BCUT2D eigenvalue weighted by Crippen LogP contribution is -2.05. The summed E-state index contributed by atoms with van der Waals surface area (Å²) in [5.41, 5.74) is 4.92. The third-order valence-corrected chi connectivity index (χ3v) is 5.19. The molecule has 1 aromatic carbocycles. The quantitative estimate of drug-likeness (QED) is 0.654. The zero-order valence-corrected chi connectivity index (χ0v) is 11.6. The van der Waals surface area contributed by atoms with Crippen molar-refractivity contribution >= 4 is 11.6 Å². The lowest BCUT2D eigenvalue weighted by molar-refractivity contribution is 0.547. The Morgan fingerprint density at radius 1 is 1.18 bits per heavy atom. The van der Waals surface area contributed by atoms with Crippen LogP contribution in [0.4, 0.5) is 0 Å². The van der Waals surface area contributed by atoms with Gasteiger partial charge in [-0.2, -0.15) is 0 Å². The summed E-state index contributed by atoms with van der Waals surface area (Å²) in [6.45, 7) is 4.65. The molecular formula is C16H21Cl. The molecule has 2 aliphatic carbocycles. The van der Waals surface area contributed by atoms with Crippen molar-refractivity contribution in [3.05, 3.63) is 34.9 Å². The van der Waals surface area contributed by atoms with Crippen LogP contribution in [0.15, 0.2) is 18.2 Å². The maximum atomic E-state index is 6.63. The maximum Gasteiger partial charge on any atom is 0.0618 e. The van der Waals surface area contributed by atoms with E-state index in [0.717, 1.165) is 0 Å². The predicted molar refractivity (Wildman–Crippen MR) is 73.6 cm³/mol. The van der Waals surface area contributed by atoms with Crippen LogP contribution in [0.5, 0.6) is 0 Å². The van der Waals surface area contributed by atoms with Crippen molar-refractivity contribution in [1.82, 2.24) is 0 Å². The highest BCUT2D eigenvalue weighted by molar-refractivity contribution is 6.21. The first kappa shape index (κ1) is 11.6. The Morgan fingerprint density at radius 2 is 1.82 bits per heavy atom. The van der Waals surface area contributed by atoms with Crippen molar-refractivity contribution in [3.8, 4) is 0 Å². The number of fused-ring (bicyclic) bond motifs is 1. The van der Waals surface area contributed by atoms with Crippen LogP contribution in [0.25, 0.3) is 0 Å². The van der Waals surface area contributed by atoms with Gasteiger partial charge in [-0.3, -0.25) is 0 Å². The fraction of sp³-hybridized carbons (Fsp3) is 0.625. The molecule has 1 saturated carbocycles. The normalized spacial score (nSPS) is 27.4. The largest absolute Gasteiger partial charge is 0.117 e.